The number of halogens is 2. The number of ketones is 1. The van der Waals surface area contributed by atoms with Crippen molar-refractivity contribution in [1.82, 2.24) is 0 Å². The summed E-state index contributed by atoms with van der Waals surface area (Å²) >= 11 is 3.33. The Morgan fingerprint density at radius 2 is 1.56 bits per heavy atom. The van der Waals surface area contributed by atoms with E-state index in [1.165, 1.54) is 30.3 Å². The number of esters is 1. The molecule has 27 heavy (non-hydrogen) atoms. The summed E-state index contributed by atoms with van der Waals surface area (Å²) in [6.45, 7) is 0. The van der Waals surface area contributed by atoms with Crippen LogP contribution in [0.5, 0.6) is 5.75 Å². The molecule has 0 radical (unpaired) electrons. The zero-order chi connectivity index (χ0) is 19.2. The van der Waals surface area contributed by atoms with Crippen LogP contribution in [-0.4, -0.2) is 11.8 Å². The van der Waals surface area contributed by atoms with Crippen molar-refractivity contribution < 1.29 is 18.7 Å². The van der Waals surface area contributed by atoms with Crippen molar-refractivity contribution in [2.75, 3.05) is 0 Å². The number of carbonyl (C=O) groups excluding carboxylic acids is 2. The van der Waals surface area contributed by atoms with E-state index >= 15 is 0 Å². The fraction of sp³-hybridized carbons (Fsp3) is 0. The average molecular weight is 425 g/mol. The van der Waals surface area contributed by atoms with E-state index in [9.17, 15) is 14.0 Å². The van der Waals surface area contributed by atoms with Gasteiger partial charge in [0.05, 0.1) is 5.56 Å². The molecule has 0 heterocycles. The van der Waals surface area contributed by atoms with Crippen LogP contribution in [0, 0.1) is 5.82 Å². The molecule has 0 unspecified atom stereocenters. The van der Waals surface area contributed by atoms with Gasteiger partial charge in [0.1, 0.15) is 11.6 Å². The highest BCUT2D eigenvalue weighted by Crippen LogP contribution is 2.17. The Morgan fingerprint density at radius 3 is 2.26 bits per heavy atom. The van der Waals surface area contributed by atoms with Gasteiger partial charge in [-0.2, -0.15) is 0 Å². The van der Waals surface area contributed by atoms with Crippen LogP contribution in [0.4, 0.5) is 4.39 Å². The van der Waals surface area contributed by atoms with Gasteiger partial charge in [0, 0.05) is 10.0 Å². The van der Waals surface area contributed by atoms with Crippen molar-refractivity contribution in [2.45, 2.75) is 0 Å². The molecule has 0 amide bonds. The number of rotatable bonds is 5. The molecule has 134 valence electrons. The molecule has 0 fully saturated rings. The second kappa shape index (κ2) is 8.56. The standard InChI is InChI=1S/C22H14BrFO3/c23-18-9-5-16(6-10-18)21(25)13-4-15-2-1-3-20(14-15)27-22(26)17-7-11-19(24)12-8-17/h1-14H/b13-4+. The fourth-order valence-electron chi connectivity index (χ4n) is 2.32. The third kappa shape index (κ3) is 5.21. The molecule has 3 rings (SSSR count). The predicted octanol–water partition coefficient (Wildman–Crippen LogP) is 5.70. The van der Waals surface area contributed by atoms with Gasteiger partial charge in [0.25, 0.3) is 0 Å². The second-order valence-corrected chi connectivity index (χ2v) is 6.59. The van der Waals surface area contributed by atoms with Crippen LogP contribution in [0.25, 0.3) is 6.08 Å². The van der Waals surface area contributed by atoms with Crippen LogP contribution in [0.3, 0.4) is 0 Å². The summed E-state index contributed by atoms with van der Waals surface area (Å²) in [6, 6.07) is 19.0. The Bertz CT molecular complexity index is 993. The number of carbonyl (C=O) groups is 2. The molecule has 0 saturated carbocycles. The van der Waals surface area contributed by atoms with Gasteiger partial charge in [-0.3, -0.25) is 4.79 Å². The molecule has 5 heteroatoms. The fourth-order valence-corrected chi connectivity index (χ4v) is 2.58. The van der Waals surface area contributed by atoms with E-state index in [0.717, 1.165) is 4.47 Å². The number of benzene rings is 3. The van der Waals surface area contributed by atoms with Crippen molar-refractivity contribution in [2.24, 2.45) is 0 Å². The molecule has 0 bridgehead atoms. The maximum Gasteiger partial charge on any atom is 0.343 e. The minimum Gasteiger partial charge on any atom is -0.423 e. The molecular formula is C22H14BrFO3. The van der Waals surface area contributed by atoms with Gasteiger partial charge in [0.2, 0.25) is 0 Å². The Labute approximate surface area is 164 Å². The van der Waals surface area contributed by atoms with Gasteiger partial charge in [-0.05, 0) is 72.3 Å². The minimum atomic E-state index is -0.581. The molecule has 0 aliphatic carbocycles. The zero-order valence-corrected chi connectivity index (χ0v) is 15.6. The van der Waals surface area contributed by atoms with Crippen LogP contribution in [0.2, 0.25) is 0 Å². The van der Waals surface area contributed by atoms with Gasteiger partial charge in [-0.1, -0.05) is 34.1 Å². The molecule has 3 aromatic carbocycles. The third-order valence-electron chi connectivity index (χ3n) is 3.70. The topological polar surface area (TPSA) is 43.4 Å². The third-order valence-corrected chi connectivity index (χ3v) is 4.23. The van der Waals surface area contributed by atoms with E-state index < -0.39 is 11.8 Å². The lowest BCUT2D eigenvalue weighted by molar-refractivity contribution is 0.0734. The lowest BCUT2D eigenvalue weighted by Gasteiger charge is -2.05. The highest BCUT2D eigenvalue weighted by atomic mass is 79.9. The number of ether oxygens (including phenoxy) is 1. The summed E-state index contributed by atoms with van der Waals surface area (Å²) in [5.41, 5.74) is 1.54. The summed E-state index contributed by atoms with van der Waals surface area (Å²) in [5.74, 6) is -0.796. The Balaban J connectivity index is 1.69. The molecular weight excluding hydrogens is 411 g/mol. The summed E-state index contributed by atoms with van der Waals surface area (Å²) in [4.78, 5) is 24.3. The summed E-state index contributed by atoms with van der Waals surface area (Å²) in [6.07, 6.45) is 3.11. The van der Waals surface area contributed by atoms with Crippen molar-refractivity contribution in [3.05, 3.63) is 106 Å². The van der Waals surface area contributed by atoms with Gasteiger partial charge in [0.15, 0.2) is 5.78 Å². The maximum atomic E-state index is 12.9. The van der Waals surface area contributed by atoms with Crippen molar-refractivity contribution in [3.8, 4) is 5.75 Å². The first-order chi connectivity index (χ1) is 13.0. The summed E-state index contributed by atoms with van der Waals surface area (Å²) in [7, 11) is 0. The van der Waals surface area contributed by atoms with E-state index in [1.54, 1.807) is 54.6 Å². The molecule has 3 aromatic rings. The van der Waals surface area contributed by atoms with E-state index in [2.05, 4.69) is 15.9 Å². The lowest BCUT2D eigenvalue weighted by Crippen LogP contribution is -2.08. The van der Waals surface area contributed by atoms with E-state index in [1.807, 2.05) is 0 Å². The van der Waals surface area contributed by atoms with Crippen molar-refractivity contribution in [1.29, 1.82) is 0 Å². The van der Waals surface area contributed by atoms with Crippen LogP contribution >= 0.6 is 15.9 Å². The van der Waals surface area contributed by atoms with Gasteiger partial charge in [-0.25, -0.2) is 9.18 Å². The molecule has 0 spiro atoms. The van der Waals surface area contributed by atoms with Crippen molar-refractivity contribution in [3.63, 3.8) is 0 Å². The quantitative estimate of drug-likeness (QED) is 0.228. The predicted molar refractivity (Wildman–Crippen MR) is 105 cm³/mol. The SMILES string of the molecule is O=C(/C=C/c1cccc(OC(=O)c2ccc(F)cc2)c1)c1ccc(Br)cc1. The monoisotopic (exact) mass is 424 g/mol. The lowest BCUT2D eigenvalue weighted by atomic mass is 10.1. The molecule has 3 nitrogen and oxygen atoms in total. The first-order valence-corrected chi connectivity index (χ1v) is 8.86. The minimum absolute atomic E-state index is 0.129. The van der Waals surface area contributed by atoms with Gasteiger partial charge >= 0.3 is 5.97 Å². The second-order valence-electron chi connectivity index (χ2n) is 5.67. The first kappa shape index (κ1) is 18.7. The molecule has 0 aromatic heterocycles. The van der Waals surface area contributed by atoms with E-state index in [-0.39, 0.29) is 11.3 Å². The molecule has 0 aliphatic rings. The zero-order valence-electron chi connectivity index (χ0n) is 14.1. The van der Waals surface area contributed by atoms with Crippen LogP contribution < -0.4 is 4.74 Å². The molecule has 0 atom stereocenters. The largest absolute Gasteiger partial charge is 0.423 e. The molecule has 0 saturated heterocycles. The van der Waals surface area contributed by atoms with Crippen LogP contribution in [-0.2, 0) is 0 Å². The Kier molecular flexibility index (Phi) is 5.94. The molecule has 0 aliphatic heterocycles. The summed E-state index contributed by atoms with van der Waals surface area (Å²) < 4.78 is 19.1. The Morgan fingerprint density at radius 1 is 0.889 bits per heavy atom. The highest BCUT2D eigenvalue weighted by molar-refractivity contribution is 9.10. The average Bonchev–Trinajstić information content (AvgIpc) is 2.67. The number of hydrogen-bond donors (Lipinski definition) is 0. The molecule has 0 N–H and O–H groups in total. The first-order valence-electron chi connectivity index (χ1n) is 8.07. The van der Waals surface area contributed by atoms with Gasteiger partial charge in [-0.15, -0.1) is 0 Å². The summed E-state index contributed by atoms with van der Waals surface area (Å²) in [5, 5.41) is 0. The highest BCUT2D eigenvalue weighted by Gasteiger charge is 2.09. The van der Waals surface area contributed by atoms with E-state index in [4.69, 9.17) is 4.74 Å². The number of hydrogen-bond acceptors (Lipinski definition) is 3. The van der Waals surface area contributed by atoms with E-state index in [0.29, 0.717) is 16.9 Å². The maximum absolute atomic E-state index is 12.9. The smallest absolute Gasteiger partial charge is 0.343 e. The Hall–Kier alpha value is -3.05. The van der Waals surface area contributed by atoms with Gasteiger partial charge < -0.3 is 4.74 Å². The normalized spacial score (nSPS) is 10.7. The number of allylic oxidation sites excluding steroid dienone is 1. The van der Waals surface area contributed by atoms with Crippen molar-refractivity contribution >= 4 is 33.8 Å². The van der Waals surface area contributed by atoms with Crippen LogP contribution in [0.1, 0.15) is 26.3 Å². The van der Waals surface area contributed by atoms with Crippen LogP contribution in [0.15, 0.2) is 83.3 Å².